The van der Waals surface area contributed by atoms with Crippen LogP contribution < -0.4 is 5.32 Å². The van der Waals surface area contributed by atoms with Gasteiger partial charge in [-0.1, -0.05) is 30.4 Å². The molecule has 0 aliphatic heterocycles. The summed E-state index contributed by atoms with van der Waals surface area (Å²) in [5.41, 5.74) is 3.99. The molecule has 1 aromatic carbocycles. The van der Waals surface area contributed by atoms with Gasteiger partial charge in [0.1, 0.15) is 0 Å². The third-order valence-electron chi connectivity index (χ3n) is 3.43. The molecule has 2 aromatic rings. The first-order valence-corrected chi connectivity index (χ1v) is 7.08. The summed E-state index contributed by atoms with van der Waals surface area (Å²) in [5, 5.41) is 4.60. The summed E-state index contributed by atoms with van der Waals surface area (Å²) in [6.07, 6.45) is 5.93. The largest absolute Gasteiger partial charge is 0.343 e. The second-order valence-corrected chi connectivity index (χ2v) is 5.32. The van der Waals surface area contributed by atoms with Gasteiger partial charge in [0.25, 0.3) is 0 Å². The molecule has 0 aliphatic carbocycles. The van der Waals surface area contributed by atoms with E-state index in [1.54, 1.807) is 0 Å². The molecule has 1 N–H and O–H groups in total. The smallest absolute Gasteiger partial charge is 0.0486 e. The minimum absolute atomic E-state index is 0.914. The van der Waals surface area contributed by atoms with Crippen LogP contribution in [0.3, 0.4) is 0 Å². The number of hydrogen-bond donors (Lipinski definition) is 1. The maximum Gasteiger partial charge on any atom is 0.0486 e. The zero-order valence-corrected chi connectivity index (χ0v) is 12.1. The predicted molar refractivity (Wildman–Crippen MR) is 83.6 cm³/mol. The van der Waals surface area contributed by atoms with Crippen LogP contribution in [-0.4, -0.2) is 18.2 Å². The highest BCUT2D eigenvalue weighted by molar-refractivity contribution is 5.84. The lowest BCUT2D eigenvalue weighted by atomic mass is 10.1. The normalized spacial score (nSPS) is 11.1. The van der Waals surface area contributed by atoms with E-state index in [1.165, 1.54) is 34.9 Å². The molecule has 0 fully saturated rings. The van der Waals surface area contributed by atoms with E-state index in [4.69, 9.17) is 0 Å². The molecule has 0 amide bonds. The fourth-order valence-electron chi connectivity index (χ4n) is 2.56. The molecular weight excluding hydrogens is 232 g/mol. The highest BCUT2D eigenvalue weighted by atomic mass is 15.0. The van der Waals surface area contributed by atoms with E-state index in [-0.39, 0.29) is 0 Å². The Balaban J connectivity index is 2.20. The third-order valence-corrected chi connectivity index (χ3v) is 3.43. The predicted octanol–water partition coefficient (Wildman–Crippen LogP) is 3.76. The Hall–Kier alpha value is -1.54. The molecule has 0 aliphatic rings. The van der Waals surface area contributed by atoms with Gasteiger partial charge in [-0.2, -0.15) is 0 Å². The Morgan fingerprint density at radius 2 is 2.05 bits per heavy atom. The average molecular weight is 256 g/mol. The second-order valence-electron chi connectivity index (χ2n) is 5.32. The van der Waals surface area contributed by atoms with Crippen molar-refractivity contribution in [3.8, 4) is 0 Å². The summed E-state index contributed by atoms with van der Waals surface area (Å²) in [7, 11) is 2.01. The zero-order valence-electron chi connectivity index (χ0n) is 12.1. The lowest BCUT2D eigenvalue weighted by molar-refractivity contribution is 0.677. The van der Waals surface area contributed by atoms with E-state index in [9.17, 15) is 0 Å². The fraction of sp³-hybridized carbons (Fsp3) is 0.412. The molecule has 2 rings (SSSR count). The lowest BCUT2D eigenvalue weighted by Gasteiger charge is -2.03. The number of fused-ring (bicyclic) bond motifs is 1. The van der Waals surface area contributed by atoms with Crippen LogP contribution in [0.1, 0.15) is 25.3 Å². The number of rotatable bonds is 7. The van der Waals surface area contributed by atoms with Crippen molar-refractivity contribution in [3.05, 3.63) is 48.2 Å². The van der Waals surface area contributed by atoms with Crippen LogP contribution in [0.5, 0.6) is 0 Å². The van der Waals surface area contributed by atoms with E-state index in [1.807, 2.05) is 7.05 Å². The van der Waals surface area contributed by atoms with Crippen LogP contribution in [0.4, 0.5) is 0 Å². The number of nitrogens with one attached hydrogen (secondary N) is 1. The Labute approximate surface area is 116 Å². The van der Waals surface area contributed by atoms with E-state index < -0.39 is 0 Å². The number of unbranched alkanes of at least 4 members (excludes halogenated alkanes) is 1. The number of para-hydroxylation sites is 1. The molecule has 0 spiro atoms. The minimum Gasteiger partial charge on any atom is -0.343 e. The molecule has 0 radical (unpaired) electrons. The summed E-state index contributed by atoms with van der Waals surface area (Å²) in [6.45, 7) is 8.12. The zero-order chi connectivity index (χ0) is 13.7. The van der Waals surface area contributed by atoms with Crippen LogP contribution >= 0.6 is 0 Å². The van der Waals surface area contributed by atoms with Crippen molar-refractivity contribution in [2.24, 2.45) is 0 Å². The molecule has 0 bridgehead atoms. The molecule has 0 saturated carbocycles. The molecule has 2 nitrogen and oxygen atoms in total. The van der Waals surface area contributed by atoms with Crippen molar-refractivity contribution >= 4 is 10.9 Å². The number of aryl methyl sites for hydroxylation is 1. The van der Waals surface area contributed by atoms with Crippen molar-refractivity contribution in [1.29, 1.82) is 0 Å². The molecule has 2 heteroatoms. The standard InChI is InChI=1S/C17H24N2/c1-14(2)12-19-13-15(8-6-7-11-18-3)16-9-4-5-10-17(16)19/h4-5,9-10,13,18H,1,6-8,11-12H2,2-3H3. The van der Waals surface area contributed by atoms with Gasteiger partial charge in [0.15, 0.2) is 0 Å². The van der Waals surface area contributed by atoms with E-state index in [0.29, 0.717) is 0 Å². The van der Waals surface area contributed by atoms with Gasteiger partial charge in [-0.05, 0) is 51.4 Å². The highest BCUT2D eigenvalue weighted by Gasteiger charge is 2.07. The molecule has 0 unspecified atom stereocenters. The Morgan fingerprint density at radius 1 is 1.26 bits per heavy atom. The van der Waals surface area contributed by atoms with Gasteiger partial charge in [-0.15, -0.1) is 0 Å². The number of aromatic nitrogens is 1. The SMILES string of the molecule is C=C(C)Cn1cc(CCCCNC)c2ccccc21. The van der Waals surface area contributed by atoms with Crippen LogP contribution in [0.25, 0.3) is 10.9 Å². The second kappa shape index (κ2) is 6.58. The lowest BCUT2D eigenvalue weighted by Crippen LogP contribution is -2.07. The Kier molecular flexibility index (Phi) is 4.80. The van der Waals surface area contributed by atoms with Gasteiger partial charge in [0.2, 0.25) is 0 Å². The number of benzene rings is 1. The quantitative estimate of drug-likeness (QED) is 0.589. The molecular formula is C17H24N2. The maximum atomic E-state index is 4.02. The first-order valence-electron chi connectivity index (χ1n) is 7.08. The summed E-state index contributed by atoms with van der Waals surface area (Å²) in [4.78, 5) is 0. The fourth-order valence-corrected chi connectivity index (χ4v) is 2.56. The summed E-state index contributed by atoms with van der Waals surface area (Å²) in [5.74, 6) is 0. The number of hydrogen-bond acceptors (Lipinski definition) is 1. The van der Waals surface area contributed by atoms with Crippen LogP contribution in [-0.2, 0) is 13.0 Å². The van der Waals surface area contributed by atoms with Gasteiger partial charge in [0.05, 0.1) is 0 Å². The Morgan fingerprint density at radius 3 is 2.79 bits per heavy atom. The first kappa shape index (κ1) is 13.9. The van der Waals surface area contributed by atoms with Gasteiger partial charge in [0, 0.05) is 23.6 Å². The van der Waals surface area contributed by atoms with E-state index >= 15 is 0 Å². The van der Waals surface area contributed by atoms with E-state index in [2.05, 4.69) is 53.8 Å². The van der Waals surface area contributed by atoms with Crippen molar-refractivity contribution in [2.75, 3.05) is 13.6 Å². The minimum atomic E-state index is 0.914. The van der Waals surface area contributed by atoms with Crippen LogP contribution in [0.15, 0.2) is 42.6 Å². The van der Waals surface area contributed by atoms with Gasteiger partial charge < -0.3 is 9.88 Å². The first-order chi connectivity index (χ1) is 9.22. The molecule has 0 atom stereocenters. The van der Waals surface area contributed by atoms with Crippen molar-refractivity contribution in [1.82, 2.24) is 9.88 Å². The average Bonchev–Trinajstić information content (AvgIpc) is 2.73. The summed E-state index contributed by atoms with van der Waals surface area (Å²) in [6, 6.07) is 8.68. The Bertz CT molecular complexity index is 551. The topological polar surface area (TPSA) is 17.0 Å². The van der Waals surface area contributed by atoms with Gasteiger partial charge in [-0.3, -0.25) is 0 Å². The third kappa shape index (κ3) is 3.48. The van der Waals surface area contributed by atoms with Crippen LogP contribution in [0, 0.1) is 0 Å². The molecule has 0 saturated heterocycles. The van der Waals surface area contributed by atoms with Crippen molar-refractivity contribution in [2.45, 2.75) is 32.7 Å². The monoisotopic (exact) mass is 256 g/mol. The van der Waals surface area contributed by atoms with E-state index in [0.717, 1.165) is 19.5 Å². The van der Waals surface area contributed by atoms with Gasteiger partial charge >= 0.3 is 0 Å². The van der Waals surface area contributed by atoms with Crippen molar-refractivity contribution in [3.63, 3.8) is 0 Å². The maximum absolute atomic E-state index is 4.02. The molecule has 19 heavy (non-hydrogen) atoms. The van der Waals surface area contributed by atoms with Crippen molar-refractivity contribution < 1.29 is 0 Å². The summed E-state index contributed by atoms with van der Waals surface area (Å²) < 4.78 is 2.32. The molecule has 1 aromatic heterocycles. The highest BCUT2D eigenvalue weighted by Crippen LogP contribution is 2.23. The van der Waals surface area contributed by atoms with Gasteiger partial charge in [-0.25, -0.2) is 0 Å². The number of allylic oxidation sites excluding steroid dienone is 1. The summed E-state index contributed by atoms with van der Waals surface area (Å²) >= 11 is 0. The number of nitrogens with zero attached hydrogens (tertiary/aromatic N) is 1. The molecule has 102 valence electrons. The van der Waals surface area contributed by atoms with Crippen LogP contribution in [0.2, 0.25) is 0 Å². The molecule has 1 heterocycles.